The zero-order valence-electron chi connectivity index (χ0n) is 15.7. The summed E-state index contributed by atoms with van der Waals surface area (Å²) in [4.78, 5) is 8.94. The van der Waals surface area contributed by atoms with E-state index < -0.39 is 0 Å². The van der Waals surface area contributed by atoms with Crippen molar-refractivity contribution in [1.82, 2.24) is 15.6 Å². The number of guanidine groups is 1. The minimum Gasteiger partial charge on any atom is -0.356 e. The Morgan fingerprint density at radius 1 is 1.16 bits per heavy atom. The third-order valence-electron chi connectivity index (χ3n) is 4.01. The molecular formula is C19H29IN4S. The van der Waals surface area contributed by atoms with Crippen molar-refractivity contribution in [3.8, 4) is 0 Å². The number of aliphatic imine (C=N–C) groups is 1. The molecule has 2 rings (SSSR count). The van der Waals surface area contributed by atoms with Gasteiger partial charge in [0.2, 0.25) is 0 Å². The molecule has 4 nitrogen and oxygen atoms in total. The molecule has 1 unspecified atom stereocenters. The molecule has 2 aromatic rings. The van der Waals surface area contributed by atoms with E-state index in [2.05, 4.69) is 78.0 Å². The van der Waals surface area contributed by atoms with E-state index in [-0.39, 0.29) is 24.0 Å². The molecule has 0 fully saturated rings. The van der Waals surface area contributed by atoms with Crippen molar-refractivity contribution in [3.63, 3.8) is 0 Å². The summed E-state index contributed by atoms with van der Waals surface area (Å²) in [5.74, 6) is 1.72. The quantitative estimate of drug-likeness (QED) is 0.365. The lowest BCUT2D eigenvalue weighted by Crippen LogP contribution is -2.38. The van der Waals surface area contributed by atoms with Gasteiger partial charge in [0.25, 0.3) is 0 Å². The Morgan fingerprint density at radius 2 is 1.84 bits per heavy atom. The lowest BCUT2D eigenvalue weighted by atomic mass is 10.0. The van der Waals surface area contributed by atoms with Gasteiger partial charge in [0.05, 0.1) is 12.2 Å². The Labute approximate surface area is 172 Å². The third kappa shape index (κ3) is 6.93. The van der Waals surface area contributed by atoms with Crippen LogP contribution in [0.25, 0.3) is 0 Å². The normalized spacial score (nSPS) is 12.6. The minimum absolute atomic E-state index is 0. The van der Waals surface area contributed by atoms with E-state index in [0.717, 1.165) is 23.2 Å². The van der Waals surface area contributed by atoms with E-state index in [1.807, 2.05) is 0 Å². The minimum atomic E-state index is 0. The Balaban J connectivity index is 0.00000312. The molecule has 0 aliphatic carbocycles. The molecule has 138 valence electrons. The van der Waals surface area contributed by atoms with Crippen molar-refractivity contribution in [2.75, 3.05) is 13.6 Å². The largest absolute Gasteiger partial charge is 0.356 e. The van der Waals surface area contributed by atoms with E-state index in [1.54, 1.807) is 18.4 Å². The van der Waals surface area contributed by atoms with Crippen molar-refractivity contribution >= 4 is 41.3 Å². The Morgan fingerprint density at radius 3 is 2.40 bits per heavy atom. The first-order valence-corrected chi connectivity index (χ1v) is 9.33. The number of hydrogen-bond acceptors (Lipinski definition) is 3. The van der Waals surface area contributed by atoms with Crippen molar-refractivity contribution in [1.29, 1.82) is 0 Å². The fourth-order valence-electron chi connectivity index (χ4n) is 2.31. The molecule has 1 heterocycles. The van der Waals surface area contributed by atoms with Gasteiger partial charge < -0.3 is 10.6 Å². The lowest BCUT2D eigenvalue weighted by molar-refractivity contribution is 0.697. The maximum absolute atomic E-state index is 4.64. The number of nitrogens with one attached hydrogen (secondary N) is 2. The number of aromatic nitrogens is 1. The number of thiazole rings is 1. The first-order chi connectivity index (χ1) is 11.5. The average molecular weight is 472 g/mol. The van der Waals surface area contributed by atoms with Crippen LogP contribution in [0.5, 0.6) is 0 Å². The SMILES string of the molecule is CN=C(NCc1nc(C(C)C)cs1)NCC(C)c1ccc(C)cc1.I. The third-order valence-corrected chi connectivity index (χ3v) is 4.88. The second-order valence-electron chi connectivity index (χ2n) is 6.44. The standard InChI is InChI=1S/C19H28N4S.HI/c1-13(2)17-12-24-18(23-17)11-22-19(20-5)21-10-15(4)16-8-6-14(3)7-9-16;/h6-9,12-13,15H,10-11H2,1-5H3,(H2,20,21,22);1H. The number of nitrogens with zero attached hydrogens (tertiary/aromatic N) is 2. The second-order valence-corrected chi connectivity index (χ2v) is 7.38. The number of hydrogen-bond donors (Lipinski definition) is 2. The number of aryl methyl sites for hydroxylation is 1. The molecule has 1 aromatic heterocycles. The van der Waals surface area contributed by atoms with Gasteiger partial charge in [-0.1, -0.05) is 50.6 Å². The summed E-state index contributed by atoms with van der Waals surface area (Å²) in [6, 6.07) is 8.71. The van der Waals surface area contributed by atoms with Gasteiger partial charge in [0.15, 0.2) is 5.96 Å². The van der Waals surface area contributed by atoms with Crippen LogP contribution >= 0.6 is 35.3 Å². The summed E-state index contributed by atoms with van der Waals surface area (Å²) < 4.78 is 0. The molecular weight excluding hydrogens is 443 g/mol. The van der Waals surface area contributed by atoms with E-state index in [9.17, 15) is 0 Å². The van der Waals surface area contributed by atoms with Crippen molar-refractivity contribution in [3.05, 3.63) is 51.5 Å². The Bertz CT molecular complexity index is 664. The van der Waals surface area contributed by atoms with Gasteiger partial charge in [-0.2, -0.15) is 0 Å². The summed E-state index contributed by atoms with van der Waals surface area (Å²) in [6.07, 6.45) is 0. The highest BCUT2D eigenvalue weighted by Gasteiger charge is 2.08. The van der Waals surface area contributed by atoms with Crippen LogP contribution in [0.3, 0.4) is 0 Å². The molecule has 0 amide bonds. The highest BCUT2D eigenvalue weighted by Crippen LogP contribution is 2.17. The summed E-state index contributed by atoms with van der Waals surface area (Å²) in [5.41, 5.74) is 3.79. The van der Waals surface area contributed by atoms with Gasteiger partial charge in [0.1, 0.15) is 5.01 Å². The van der Waals surface area contributed by atoms with Crippen LogP contribution in [0.1, 0.15) is 54.4 Å². The van der Waals surface area contributed by atoms with Crippen molar-refractivity contribution < 1.29 is 0 Å². The number of benzene rings is 1. The van der Waals surface area contributed by atoms with E-state index in [0.29, 0.717) is 18.4 Å². The summed E-state index contributed by atoms with van der Waals surface area (Å²) in [7, 11) is 1.80. The van der Waals surface area contributed by atoms with Crippen molar-refractivity contribution in [2.45, 2.75) is 46.1 Å². The van der Waals surface area contributed by atoms with E-state index in [4.69, 9.17) is 0 Å². The van der Waals surface area contributed by atoms with Crippen LogP contribution in [0.2, 0.25) is 0 Å². The Hall–Kier alpha value is -1.15. The molecule has 0 bridgehead atoms. The number of rotatable bonds is 6. The van der Waals surface area contributed by atoms with Gasteiger partial charge >= 0.3 is 0 Å². The molecule has 1 aromatic carbocycles. The summed E-state index contributed by atoms with van der Waals surface area (Å²) >= 11 is 1.70. The van der Waals surface area contributed by atoms with Crippen LogP contribution in [-0.2, 0) is 6.54 Å². The summed E-state index contributed by atoms with van der Waals surface area (Å²) in [6.45, 7) is 10.2. The fourth-order valence-corrected chi connectivity index (χ4v) is 3.21. The van der Waals surface area contributed by atoms with E-state index >= 15 is 0 Å². The van der Waals surface area contributed by atoms with Crippen LogP contribution in [-0.4, -0.2) is 24.5 Å². The maximum atomic E-state index is 4.64. The van der Waals surface area contributed by atoms with Gasteiger partial charge in [0, 0.05) is 19.0 Å². The highest BCUT2D eigenvalue weighted by molar-refractivity contribution is 14.0. The zero-order valence-corrected chi connectivity index (χ0v) is 18.8. The van der Waals surface area contributed by atoms with Crippen LogP contribution in [0, 0.1) is 6.92 Å². The van der Waals surface area contributed by atoms with Gasteiger partial charge in [-0.3, -0.25) is 4.99 Å². The maximum Gasteiger partial charge on any atom is 0.191 e. The molecule has 6 heteroatoms. The molecule has 25 heavy (non-hydrogen) atoms. The van der Waals surface area contributed by atoms with E-state index in [1.165, 1.54) is 11.1 Å². The second kappa shape index (κ2) is 10.8. The molecule has 0 aliphatic heterocycles. The van der Waals surface area contributed by atoms with Gasteiger partial charge in [-0.15, -0.1) is 35.3 Å². The topological polar surface area (TPSA) is 49.3 Å². The molecule has 0 saturated heterocycles. The summed E-state index contributed by atoms with van der Waals surface area (Å²) in [5, 5.41) is 9.97. The zero-order chi connectivity index (χ0) is 17.5. The van der Waals surface area contributed by atoms with Crippen LogP contribution in [0.15, 0.2) is 34.6 Å². The van der Waals surface area contributed by atoms with Crippen LogP contribution in [0.4, 0.5) is 0 Å². The molecule has 1 atom stereocenters. The van der Waals surface area contributed by atoms with Gasteiger partial charge in [-0.05, 0) is 24.3 Å². The molecule has 0 aliphatic rings. The first kappa shape index (κ1) is 21.9. The Kier molecular flexibility index (Phi) is 9.42. The monoisotopic (exact) mass is 472 g/mol. The number of halogens is 1. The molecule has 0 radical (unpaired) electrons. The first-order valence-electron chi connectivity index (χ1n) is 8.45. The lowest BCUT2D eigenvalue weighted by Gasteiger charge is -2.16. The van der Waals surface area contributed by atoms with Gasteiger partial charge in [-0.25, -0.2) is 4.98 Å². The predicted molar refractivity (Wildman–Crippen MR) is 119 cm³/mol. The van der Waals surface area contributed by atoms with Crippen LogP contribution < -0.4 is 10.6 Å². The average Bonchev–Trinajstić information content (AvgIpc) is 3.04. The molecule has 0 saturated carbocycles. The van der Waals surface area contributed by atoms with Crippen molar-refractivity contribution in [2.24, 2.45) is 4.99 Å². The highest BCUT2D eigenvalue weighted by atomic mass is 127. The fraction of sp³-hybridized carbons (Fsp3) is 0.474. The predicted octanol–water partition coefficient (Wildman–Crippen LogP) is 4.66. The smallest absolute Gasteiger partial charge is 0.191 e. The molecule has 2 N–H and O–H groups in total. The molecule has 0 spiro atoms.